The minimum atomic E-state index is -3.73. The Hall–Kier alpha value is -1.80. The molecule has 0 spiro atoms. The fourth-order valence-corrected chi connectivity index (χ4v) is 3.55. The number of H-pyrrole nitrogens is 1. The number of aromatic carboxylic acids is 1. The van der Waals surface area contributed by atoms with E-state index in [2.05, 4.69) is 9.71 Å². The van der Waals surface area contributed by atoms with Gasteiger partial charge in [-0.2, -0.15) is 0 Å². The van der Waals surface area contributed by atoms with Crippen LogP contribution < -0.4 is 4.72 Å². The summed E-state index contributed by atoms with van der Waals surface area (Å²) < 4.78 is 26.3. The molecular weight excluding hydrogens is 276 g/mol. The van der Waals surface area contributed by atoms with Gasteiger partial charge >= 0.3 is 5.97 Å². The number of hydrogen-bond donors (Lipinski definition) is 3. The smallest absolute Gasteiger partial charge is 0.339 e. The molecule has 0 aliphatic carbocycles. The standard InChI is InChI=1S/C10H10N2O4S2/c1-6-9(10(13)14)7(5-11-6)12-18(15,16)8-3-2-4-17-8/h2-5,11-12H,1H3,(H,13,14). The lowest BCUT2D eigenvalue weighted by molar-refractivity contribution is 0.0697. The van der Waals surface area contributed by atoms with Crippen LogP contribution in [-0.2, 0) is 10.0 Å². The Bertz CT molecular complexity index is 671. The van der Waals surface area contributed by atoms with Gasteiger partial charge in [-0.15, -0.1) is 11.3 Å². The van der Waals surface area contributed by atoms with Gasteiger partial charge in [0.25, 0.3) is 10.0 Å². The third-order valence-electron chi connectivity index (χ3n) is 2.30. The number of thiophene rings is 1. The monoisotopic (exact) mass is 286 g/mol. The quantitative estimate of drug-likeness (QED) is 0.799. The number of anilines is 1. The molecule has 0 atom stereocenters. The van der Waals surface area contributed by atoms with E-state index in [1.165, 1.54) is 12.3 Å². The topological polar surface area (TPSA) is 99.3 Å². The molecule has 0 unspecified atom stereocenters. The number of rotatable bonds is 4. The zero-order valence-electron chi connectivity index (χ0n) is 9.30. The number of carboxylic acids is 1. The van der Waals surface area contributed by atoms with Gasteiger partial charge in [-0.1, -0.05) is 6.07 Å². The molecule has 18 heavy (non-hydrogen) atoms. The summed E-state index contributed by atoms with van der Waals surface area (Å²) in [6.07, 6.45) is 1.32. The largest absolute Gasteiger partial charge is 0.478 e. The van der Waals surface area contributed by atoms with E-state index < -0.39 is 16.0 Å². The highest BCUT2D eigenvalue weighted by atomic mass is 32.2. The molecule has 0 aromatic carbocycles. The number of hydrogen-bond acceptors (Lipinski definition) is 4. The highest BCUT2D eigenvalue weighted by Crippen LogP contribution is 2.24. The molecule has 2 rings (SSSR count). The van der Waals surface area contributed by atoms with Crippen LogP contribution in [0.15, 0.2) is 27.9 Å². The van der Waals surface area contributed by atoms with E-state index in [-0.39, 0.29) is 15.5 Å². The third kappa shape index (κ3) is 2.24. The van der Waals surface area contributed by atoms with E-state index in [9.17, 15) is 13.2 Å². The van der Waals surface area contributed by atoms with Crippen LogP contribution in [0.2, 0.25) is 0 Å². The Morgan fingerprint density at radius 1 is 1.50 bits per heavy atom. The van der Waals surface area contributed by atoms with E-state index >= 15 is 0 Å². The minimum Gasteiger partial charge on any atom is -0.478 e. The maximum absolute atomic E-state index is 11.9. The van der Waals surface area contributed by atoms with E-state index in [1.54, 1.807) is 18.4 Å². The van der Waals surface area contributed by atoms with Gasteiger partial charge in [0, 0.05) is 11.9 Å². The second kappa shape index (κ2) is 4.46. The molecule has 2 aromatic heterocycles. The summed E-state index contributed by atoms with van der Waals surface area (Å²) in [4.78, 5) is 13.7. The van der Waals surface area contributed by atoms with E-state index in [4.69, 9.17) is 5.11 Å². The number of carbonyl (C=O) groups is 1. The summed E-state index contributed by atoms with van der Waals surface area (Å²) in [5.41, 5.74) is 0.356. The minimum absolute atomic E-state index is 0.0356. The fraction of sp³-hybridized carbons (Fsp3) is 0.100. The summed E-state index contributed by atoms with van der Waals surface area (Å²) in [6.45, 7) is 1.56. The Labute approximate surface area is 107 Å². The average molecular weight is 286 g/mol. The predicted molar refractivity (Wildman–Crippen MR) is 67.6 cm³/mol. The van der Waals surface area contributed by atoms with Gasteiger partial charge in [0.2, 0.25) is 0 Å². The van der Waals surface area contributed by atoms with Crippen LogP contribution in [0, 0.1) is 6.92 Å². The first kappa shape index (κ1) is 12.7. The van der Waals surface area contributed by atoms with Crippen LogP contribution in [0.3, 0.4) is 0 Å². The number of aromatic nitrogens is 1. The van der Waals surface area contributed by atoms with Gasteiger partial charge in [-0.3, -0.25) is 4.72 Å². The van der Waals surface area contributed by atoms with Crippen LogP contribution in [0.25, 0.3) is 0 Å². The lowest BCUT2D eigenvalue weighted by Gasteiger charge is -2.05. The average Bonchev–Trinajstić information content (AvgIpc) is 2.87. The molecule has 0 aliphatic rings. The van der Waals surface area contributed by atoms with Crippen molar-refractivity contribution >= 4 is 33.0 Å². The molecule has 0 fully saturated rings. The van der Waals surface area contributed by atoms with Gasteiger partial charge in [0.15, 0.2) is 0 Å². The first-order chi connectivity index (χ1) is 8.42. The Morgan fingerprint density at radius 2 is 2.22 bits per heavy atom. The maximum atomic E-state index is 11.9. The van der Waals surface area contributed by atoms with Crippen molar-refractivity contribution in [3.63, 3.8) is 0 Å². The lowest BCUT2D eigenvalue weighted by atomic mass is 10.2. The van der Waals surface area contributed by atoms with E-state index in [0.29, 0.717) is 5.69 Å². The number of carboxylic acid groups (broad SMARTS) is 1. The first-order valence-electron chi connectivity index (χ1n) is 4.89. The molecule has 2 aromatic rings. The van der Waals surface area contributed by atoms with Gasteiger partial charge in [0.1, 0.15) is 9.77 Å². The molecule has 96 valence electrons. The van der Waals surface area contributed by atoms with Gasteiger partial charge in [-0.25, -0.2) is 13.2 Å². The molecular formula is C10H10N2O4S2. The predicted octanol–water partition coefficient (Wildman–Crippen LogP) is 1.88. The van der Waals surface area contributed by atoms with Gasteiger partial charge < -0.3 is 10.1 Å². The molecule has 0 bridgehead atoms. The Morgan fingerprint density at radius 3 is 2.78 bits per heavy atom. The molecule has 2 heterocycles. The van der Waals surface area contributed by atoms with Crippen molar-refractivity contribution in [3.8, 4) is 0 Å². The molecule has 3 N–H and O–H groups in total. The third-order valence-corrected chi connectivity index (χ3v) is 5.06. The summed E-state index contributed by atoms with van der Waals surface area (Å²) in [6, 6.07) is 3.06. The molecule has 0 saturated heterocycles. The van der Waals surface area contributed by atoms with Crippen molar-refractivity contribution in [2.45, 2.75) is 11.1 Å². The molecule has 0 aliphatic heterocycles. The van der Waals surface area contributed by atoms with Crippen LogP contribution in [0.4, 0.5) is 5.69 Å². The Kier molecular flexibility index (Phi) is 3.14. The lowest BCUT2D eigenvalue weighted by Crippen LogP contribution is -2.13. The molecule has 0 saturated carbocycles. The zero-order valence-corrected chi connectivity index (χ0v) is 10.9. The molecule has 0 radical (unpaired) electrons. The zero-order chi connectivity index (χ0) is 13.3. The number of aryl methyl sites for hydroxylation is 1. The van der Waals surface area contributed by atoms with Crippen LogP contribution in [0.1, 0.15) is 16.1 Å². The second-order valence-electron chi connectivity index (χ2n) is 3.55. The summed E-state index contributed by atoms with van der Waals surface area (Å²) in [5.74, 6) is -1.18. The van der Waals surface area contributed by atoms with Crippen LogP contribution in [0.5, 0.6) is 0 Å². The van der Waals surface area contributed by atoms with Crippen molar-refractivity contribution in [1.82, 2.24) is 4.98 Å². The van der Waals surface area contributed by atoms with Crippen molar-refractivity contribution in [3.05, 3.63) is 35.0 Å². The summed E-state index contributed by atoms with van der Waals surface area (Å²) >= 11 is 1.06. The van der Waals surface area contributed by atoms with Crippen molar-refractivity contribution < 1.29 is 18.3 Å². The highest BCUT2D eigenvalue weighted by Gasteiger charge is 2.21. The number of nitrogens with one attached hydrogen (secondary N) is 2. The van der Waals surface area contributed by atoms with Crippen LogP contribution >= 0.6 is 11.3 Å². The first-order valence-corrected chi connectivity index (χ1v) is 7.25. The maximum Gasteiger partial charge on any atom is 0.339 e. The Balaban J connectivity index is 2.39. The summed E-state index contributed by atoms with van der Waals surface area (Å²) in [5, 5.41) is 10.6. The van der Waals surface area contributed by atoms with Crippen molar-refractivity contribution in [2.24, 2.45) is 0 Å². The fourth-order valence-electron chi connectivity index (χ4n) is 1.49. The van der Waals surface area contributed by atoms with Gasteiger partial charge in [-0.05, 0) is 18.4 Å². The van der Waals surface area contributed by atoms with Crippen molar-refractivity contribution in [1.29, 1.82) is 0 Å². The van der Waals surface area contributed by atoms with Gasteiger partial charge in [0.05, 0.1) is 5.69 Å². The highest BCUT2D eigenvalue weighted by molar-refractivity contribution is 7.94. The molecule has 0 amide bonds. The van der Waals surface area contributed by atoms with Crippen LogP contribution in [-0.4, -0.2) is 24.5 Å². The molecule has 6 nitrogen and oxygen atoms in total. The summed E-state index contributed by atoms with van der Waals surface area (Å²) in [7, 11) is -3.73. The molecule has 8 heteroatoms. The number of aromatic amines is 1. The van der Waals surface area contributed by atoms with Crippen molar-refractivity contribution in [2.75, 3.05) is 4.72 Å². The van der Waals surface area contributed by atoms with E-state index in [0.717, 1.165) is 11.3 Å². The SMILES string of the molecule is Cc1[nH]cc(NS(=O)(=O)c2cccs2)c1C(=O)O. The number of sulfonamides is 1. The second-order valence-corrected chi connectivity index (χ2v) is 6.40. The van der Waals surface area contributed by atoms with E-state index in [1.807, 2.05) is 0 Å². The normalized spacial score (nSPS) is 11.4.